The first-order valence-electron chi connectivity index (χ1n) is 10.3. The Labute approximate surface area is 207 Å². The third-order valence-electron chi connectivity index (χ3n) is 5.38. The number of hydrogen-bond donors (Lipinski definition) is 0. The molecular formula is C26H21BBrCl2NO. The fraction of sp³-hybridized carbons (Fsp3) is 0.115. The van der Waals surface area contributed by atoms with Crippen molar-refractivity contribution < 1.29 is 4.65 Å². The molecule has 2 nitrogen and oxygen atoms in total. The second-order valence-electron chi connectivity index (χ2n) is 7.72. The van der Waals surface area contributed by atoms with E-state index in [-0.39, 0.29) is 6.10 Å². The molecule has 0 aliphatic heterocycles. The predicted octanol–water partition coefficient (Wildman–Crippen LogP) is 6.68. The van der Waals surface area contributed by atoms with Crippen LogP contribution in [0.25, 0.3) is 0 Å². The van der Waals surface area contributed by atoms with Crippen molar-refractivity contribution in [1.29, 1.82) is 0 Å². The van der Waals surface area contributed by atoms with Gasteiger partial charge in [0.05, 0.1) is 5.69 Å². The van der Waals surface area contributed by atoms with Crippen LogP contribution in [-0.2, 0) is 4.65 Å². The molecule has 0 fully saturated rings. The maximum atomic E-state index is 6.84. The minimum absolute atomic E-state index is 0.390. The van der Waals surface area contributed by atoms with Gasteiger partial charge in [-0.25, -0.2) is 0 Å². The molecule has 0 amide bonds. The molecule has 0 radical (unpaired) electrons. The van der Waals surface area contributed by atoms with Crippen molar-refractivity contribution in [1.82, 2.24) is 4.98 Å². The summed E-state index contributed by atoms with van der Waals surface area (Å²) >= 11 is 16.5. The zero-order valence-corrected chi connectivity index (χ0v) is 20.8. The SMILES string of the molecule is Cc1ccc(B(OC(c2ccccc2)c2cc(Br)ccn2)c2ccc(C)c(Cl)c2)cc1Cl. The van der Waals surface area contributed by atoms with Crippen LogP contribution in [0.3, 0.4) is 0 Å². The van der Waals surface area contributed by atoms with Crippen molar-refractivity contribution in [2.75, 3.05) is 0 Å². The van der Waals surface area contributed by atoms with Gasteiger partial charge in [0.25, 0.3) is 0 Å². The zero-order valence-electron chi connectivity index (χ0n) is 17.7. The largest absolute Gasteiger partial charge is 0.414 e. The first-order chi connectivity index (χ1) is 15.4. The molecule has 0 saturated heterocycles. The lowest BCUT2D eigenvalue weighted by Crippen LogP contribution is -2.46. The van der Waals surface area contributed by atoms with Crippen LogP contribution in [0, 0.1) is 13.8 Å². The van der Waals surface area contributed by atoms with Crippen molar-refractivity contribution in [2.24, 2.45) is 0 Å². The summed E-state index contributed by atoms with van der Waals surface area (Å²) in [4.78, 5) is 4.61. The van der Waals surface area contributed by atoms with Gasteiger partial charge in [-0.1, -0.05) is 93.7 Å². The van der Waals surface area contributed by atoms with E-state index in [9.17, 15) is 0 Å². The number of pyridine rings is 1. The summed E-state index contributed by atoms with van der Waals surface area (Å²) in [5.74, 6) is 0. The quantitative estimate of drug-likeness (QED) is 0.262. The molecule has 0 saturated carbocycles. The number of aromatic nitrogens is 1. The van der Waals surface area contributed by atoms with Crippen LogP contribution >= 0.6 is 39.1 Å². The second-order valence-corrected chi connectivity index (χ2v) is 9.45. The van der Waals surface area contributed by atoms with Gasteiger partial charge in [0.15, 0.2) is 0 Å². The van der Waals surface area contributed by atoms with E-state index in [2.05, 4.69) is 45.2 Å². The maximum absolute atomic E-state index is 6.84. The highest BCUT2D eigenvalue weighted by molar-refractivity contribution is 9.10. The third kappa shape index (κ3) is 5.27. The van der Waals surface area contributed by atoms with E-state index in [0.29, 0.717) is 10.0 Å². The molecular weight excluding hydrogens is 504 g/mol. The molecule has 0 N–H and O–H groups in total. The molecule has 0 bridgehead atoms. The molecule has 0 spiro atoms. The summed E-state index contributed by atoms with van der Waals surface area (Å²) in [6, 6.07) is 26.0. The average Bonchev–Trinajstić information content (AvgIpc) is 2.79. The molecule has 32 heavy (non-hydrogen) atoms. The van der Waals surface area contributed by atoms with E-state index in [1.807, 2.05) is 68.4 Å². The Balaban J connectivity index is 1.84. The van der Waals surface area contributed by atoms with Crippen LogP contribution in [0.4, 0.5) is 0 Å². The Morgan fingerprint density at radius 3 is 1.94 bits per heavy atom. The van der Waals surface area contributed by atoms with Gasteiger partial charge in [-0.3, -0.25) is 4.98 Å². The summed E-state index contributed by atoms with van der Waals surface area (Å²) in [6.07, 6.45) is 1.39. The lowest BCUT2D eigenvalue weighted by molar-refractivity contribution is 0.253. The van der Waals surface area contributed by atoms with Gasteiger partial charge in [-0.2, -0.15) is 0 Å². The molecule has 6 heteroatoms. The average molecular weight is 525 g/mol. The Morgan fingerprint density at radius 2 is 1.41 bits per heavy atom. The molecule has 1 aromatic heterocycles. The summed E-state index contributed by atoms with van der Waals surface area (Å²) in [5, 5.41) is 1.40. The summed E-state index contributed by atoms with van der Waals surface area (Å²) < 4.78 is 7.78. The first kappa shape index (κ1) is 23.1. The molecule has 1 atom stereocenters. The molecule has 160 valence electrons. The Bertz CT molecular complexity index is 1180. The summed E-state index contributed by atoms with van der Waals surface area (Å²) in [6.45, 7) is 3.59. The number of benzene rings is 3. The highest BCUT2D eigenvalue weighted by atomic mass is 79.9. The summed E-state index contributed by atoms with van der Waals surface area (Å²) in [5.41, 5.74) is 5.77. The molecule has 4 aromatic rings. The van der Waals surface area contributed by atoms with Gasteiger partial charge in [0, 0.05) is 20.7 Å². The lowest BCUT2D eigenvalue weighted by atomic mass is 9.55. The monoisotopic (exact) mass is 523 g/mol. The van der Waals surface area contributed by atoms with Crippen LogP contribution in [0.1, 0.15) is 28.5 Å². The third-order valence-corrected chi connectivity index (χ3v) is 6.69. The van der Waals surface area contributed by atoms with E-state index in [1.54, 1.807) is 6.20 Å². The van der Waals surface area contributed by atoms with Gasteiger partial charge in [0.2, 0.25) is 0 Å². The van der Waals surface area contributed by atoms with E-state index in [0.717, 1.165) is 37.8 Å². The second kappa shape index (κ2) is 10.2. The van der Waals surface area contributed by atoms with Crippen LogP contribution < -0.4 is 10.9 Å². The number of rotatable bonds is 6. The van der Waals surface area contributed by atoms with Crippen molar-refractivity contribution in [3.8, 4) is 0 Å². The Kier molecular flexibility index (Phi) is 7.37. The number of nitrogens with zero attached hydrogens (tertiary/aromatic N) is 1. The highest BCUT2D eigenvalue weighted by Crippen LogP contribution is 2.27. The normalized spacial score (nSPS) is 11.9. The summed E-state index contributed by atoms with van der Waals surface area (Å²) in [7, 11) is 0. The van der Waals surface area contributed by atoms with Gasteiger partial charge < -0.3 is 4.65 Å². The van der Waals surface area contributed by atoms with Crippen LogP contribution in [0.2, 0.25) is 10.0 Å². The maximum Gasteiger partial charge on any atom is 0.362 e. The molecule has 3 aromatic carbocycles. The standard InChI is InChI=1S/C26H21BBrCl2NO/c1-17-8-10-20(14-23(17)29)27(21-11-9-18(2)24(30)15-21)32-26(19-6-4-3-5-7-19)25-16-22(28)12-13-31-25/h3-16,26H,1-2H3. The van der Waals surface area contributed by atoms with E-state index in [1.165, 1.54) is 0 Å². The lowest BCUT2D eigenvalue weighted by Gasteiger charge is -2.25. The fourth-order valence-electron chi connectivity index (χ4n) is 3.54. The highest BCUT2D eigenvalue weighted by Gasteiger charge is 2.29. The van der Waals surface area contributed by atoms with Gasteiger partial charge in [0.1, 0.15) is 6.10 Å². The van der Waals surface area contributed by atoms with E-state index in [4.69, 9.17) is 27.9 Å². The van der Waals surface area contributed by atoms with Gasteiger partial charge in [-0.05, 0) is 65.7 Å². The zero-order chi connectivity index (χ0) is 22.7. The molecule has 1 unspecified atom stereocenters. The van der Waals surface area contributed by atoms with E-state index >= 15 is 0 Å². The van der Waals surface area contributed by atoms with Gasteiger partial charge >= 0.3 is 6.92 Å². The van der Waals surface area contributed by atoms with Crippen molar-refractivity contribution >= 4 is 57.0 Å². The van der Waals surface area contributed by atoms with Crippen molar-refractivity contribution in [2.45, 2.75) is 20.0 Å². The number of hydrogen-bond acceptors (Lipinski definition) is 2. The first-order valence-corrected chi connectivity index (χ1v) is 11.8. The minimum Gasteiger partial charge on any atom is -0.414 e. The number of aryl methyl sites for hydroxylation is 2. The minimum atomic E-state index is -0.391. The smallest absolute Gasteiger partial charge is 0.362 e. The van der Waals surface area contributed by atoms with Crippen molar-refractivity contribution in [3.63, 3.8) is 0 Å². The predicted molar refractivity (Wildman–Crippen MR) is 139 cm³/mol. The Hall–Kier alpha value is -2.11. The van der Waals surface area contributed by atoms with E-state index < -0.39 is 6.92 Å². The number of halogens is 3. The fourth-order valence-corrected chi connectivity index (χ4v) is 4.27. The molecule has 0 aliphatic carbocycles. The van der Waals surface area contributed by atoms with Crippen LogP contribution in [0.5, 0.6) is 0 Å². The topological polar surface area (TPSA) is 22.1 Å². The van der Waals surface area contributed by atoms with Crippen LogP contribution in [0.15, 0.2) is 89.5 Å². The molecule has 0 aliphatic rings. The van der Waals surface area contributed by atoms with Crippen molar-refractivity contribution in [3.05, 3.63) is 122 Å². The molecule has 4 rings (SSSR count). The van der Waals surface area contributed by atoms with Gasteiger partial charge in [-0.15, -0.1) is 0 Å². The Morgan fingerprint density at radius 1 is 0.812 bits per heavy atom. The van der Waals surface area contributed by atoms with Crippen LogP contribution in [-0.4, -0.2) is 11.9 Å². The molecule has 1 heterocycles.